The molecule has 24 heavy (non-hydrogen) atoms. The normalized spacial score (nSPS) is 10.2. The number of nitrogens with two attached hydrogens (primary N) is 1. The molecule has 0 spiro atoms. The van der Waals surface area contributed by atoms with Gasteiger partial charge in [-0.1, -0.05) is 30.3 Å². The quantitative estimate of drug-likeness (QED) is 0.673. The smallest absolute Gasteiger partial charge is 0.319 e. The first-order valence-electron chi connectivity index (χ1n) is 7.34. The van der Waals surface area contributed by atoms with E-state index in [-0.39, 0.29) is 24.7 Å². The van der Waals surface area contributed by atoms with Crippen LogP contribution in [-0.2, 0) is 11.3 Å². The molecule has 2 aromatic carbocycles. The largest absolute Gasteiger partial charge is 0.370 e. The Hall–Kier alpha value is -2.54. The molecule has 0 heterocycles. The van der Waals surface area contributed by atoms with E-state index in [1.807, 2.05) is 12.1 Å². The predicted octanol–water partition coefficient (Wildman–Crippen LogP) is 3.11. The molecule has 0 atom stereocenters. The average Bonchev–Trinajstić information content (AvgIpc) is 2.55. The second kappa shape index (κ2) is 8.93. The number of nitrogens with one attached hydrogen (secondary N) is 2. The highest BCUT2D eigenvalue weighted by Gasteiger charge is 2.08. The Morgan fingerprint density at radius 1 is 1.08 bits per heavy atom. The van der Waals surface area contributed by atoms with Gasteiger partial charge in [-0.05, 0) is 18.2 Å². The summed E-state index contributed by atoms with van der Waals surface area (Å²) in [6, 6.07) is 13.1. The molecule has 0 radical (unpaired) electrons. The van der Waals surface area contributed by atoms with Crippen molar-refractivity contribution in [3.05, 3.63) is 59.9 Å². The fourth-order valence-electron chi connectivity index (χ4n) is 1.94. The molecule has 4 N–H and O–H groups in total. The Balaban J connectivity index is 1.91. The first-order chi connectivity index (χ1) is 11.6. The number of para-hydroxylation sites is 1. The molecule has 0 saturated heterocycles. The summed E-state index contributed by atoms with van der Waals surface area (Å²) >= 11 is 1.43. The number of carbonyl (C=O) groups excluding carboxylic acids is 2. The fourth-order valence-corrected chi connectivity index (χ4v) is 2.91. The van der Waals surface area contributed by atoms with Gasteiger partial charge in [0, 0.05) is 29.2 Å². The summed E-state index contributed by atoms with van der Waals surface area (Å²) in [7, 11) is 0. The summed E-state index contributed by atoms with van der Waals surface area (Å²) in [5.41, 5.74) is 6.16. The van der Waals surface area contributed by atoms with Gasteiger partial charge < -0.3 is 16.4 Å². The van der Waals surface area contributed by atoms with Crippen LogP contribution in [0, 0.1) is 5.82 Å². The topological polar surface area (TPSA) is 84.2 Å². The van der Waals surface area contributed by atoms with Gasteiger partial charge in [0.1, 0.15) is 5.82 Å². The van der Waals surface area contributed by atoms with E-state index in [9.17, 15) is 14.0 Å². The number of anilines is 1. The van der Waals surface area contributed by atoms with Crippen molar-refractivity contribution in [2.45, 2.75) is 17.9 Å². The Labute approximate surface area is 143 Å². The minimum absolute atomic E-state index is 0.0927. The number of amides is 3. The van der Waals surface area contributed by atoms with Crippen LogP contribution in [0.3, 0.4) is 0 Å². The zero-order chi connectivity index (χ0) is 17.4. The van der Waals surface area contributed by atoms with Crippen LogP contribution < -0.4 is 16.4 Å². The molecule has 0 bridgehead atoms. The van der Waals surface area contributed by atoms with Crippen LogP contribution in [0.25, 0.3) is 0 Å². The van der Waals surface area contributed by atoms with E-state index >= 15 is 0 Å². The van der Waals surface area contributed by atoms with Crippen LogP contribution in [0.15, 0.2) is 53.4 Å². The van der Waals surface area contributed by atoms with Crippen molar-refractivity contribution >= 4 is 29.4 Å². The van der Waals surface area contributed by atoms with E-state index in [2.05, 4.69) is 10.6 Å². The minimum atomic E-state index is -0.429. The summed E-state index contributed by atoms with van der Waals surface area (Å²) in [6.07, 6.45) is 0.262. The number of halogens is 1. The molecular formula is C17H18FN3O2S. The Morgan fingerprint density at radius 2 is 1.79 bits per heavy atom. The third kappa shape index (κ3) is 5.58. The molecule has 2 rings (SSSR count). The predicted molar refractivity (Wildman–Crippen MR) is 93.2 cm³/mol. The standard InChI is InChI=1S/C17H18FN3O2S/c18-13-6-2-1-5-12(13)11-20-17(23)21-14-7-3-4-8-15(14)24-10-9-16(19)22/h1-8H,9-11H2,(H2,19,22)(H2,20,21,23). The van der Waals surface area contributed by atoms with Crippen LogP contribution in [0.2, 0.25) is 0 Å². The molecule has 126 valence electrons. The Morgan fingerprint density at radius 3 is 2.54 bits per heavy atom. The lowest BCUT2D eigenvalue weighted by Gasteiger charge is -2.11. The van der Waals surface area contributed by atoms with E-state index in [1.165, 1.54) is 17.8 Å². The summed E-state index contributed by atoms with van der Waals surface area (Å²) < 4.78 is 13.5. The number of thioether (sulfide) groups is 1. The van der Waals surface area contributed by atoms with Crippen LogP contribution in [0.5, 0.6) is 0 Å². The second-order valence-corrected chi connectivity index (χ2v) is 6.10. The van der Waals surface area contributed by atoms with E-state index in [0.29, 0.717) is 17.0 Å². The summed E-state index contributed by atoms with van der Waals surface area (Å²) in [6.45, 7) is 0.0927. The Kier molecular flexibility index (Phi) is 6.62. The third-order valence-corrected chi connectivity index (χ3v) is 4.21. The first kappa shape index (κ1) is 17.8. The number of benzene rings is 2. The van der Waals surface area contributed by atoms with Crippen molar-refractivity contribution < 1.29 is 14.0 Å². The van der Waals surface area contributed by atoms with Gasteiger partial charge in [0.05, 0.1) is 5.69 Å². The van der Waals surface area contributed by atoms with Crippen molar-refractivity contribution in [1.29, 1.82) is 0 Å². The third-order valence-electron chi connectivity index (χ3n) is 3.14. The van der Waals surface area contributed by atoms with Gasteiger partial charge in [0.15, 0.2) is 0 Å². The number of primary amides is 1. The highest BCUT2D eigenvalue weighted by molar-refractivity contribution is 7.99. The van der Waals surface area contributed by atoms with Crippen LogP contribution in [-0.4, -0.2) is 17.7 Å². The van der Waals surface area contributed by atoms with Gasteiger partial charge in [0.25, 0.3) is 0 Å². The molecule has 2 aromatic rings. The lowest BCUT2D eigenvalue weighted by molar-refractivity contribution is -0.117. The minimum Gasteiger partial charge on any atom is -0.370 e. The van der Waals surface area contributed by atoms with Crippen molar-refractivity contribution in [1.82, 2.24) is 5.32 Å². The molecule has 0 saturated carbocycles. The van der Waals surface area contributed by atoms with Crippen LogP contribution >= 0.6 is 11.8 Å². The number of rotatable bonds is 7. The molecule has 0 aliphatic carbocycles. The lowest BCUT2D eigenvalue weighted by Crippen LogP contribution is -2.28. The SMILES string of the molecule is NC(=O)CCSc1ccccc1NC(=O)NCc1ccccc1F. The number of urea groups is 1. The van der Waals surface area contributed by atoms with Crippen molar-refractivity contribution in [3.8, 4) is 0 Å². The van der Waals surface area contributed by atoms with E-state index in [0.717, 1.165) is 4.90 Å². The number of carbonyl (C=O) groups is 2. The number of hydrogen-bond acceptors (Lipinski definition) is 3. The maximum Gasteiger partial charge on any atom is 0.319 e. The summed E-state index contributed by atoms with van der Waals surface area (Å²) in [4.78, 5) is 23.6. The average molecular weight is 347 g/mol. The van der Waals surface area contributed by atoms with Crippen LogP contribution in [0.4, 0.5) is 14.9 Å². The van der Waals surface area contributed by atoms with E-state index < -0.39 is 6.03 Å². The fraction of sp³-hybridized carbons (Fsp3) is 0.176. The van der Waals surface area contributed by atoms with Crippen LogP contribution in [0.1, 0.15) is 12.0 Å². The maximum atomic E-state index is 13.5. The van der Waals surface area contributed by atoms with Gasteiger partial charge in [-0.15, -0.1) is 11.8 Å². The highest BCUT2D eigenvalue weighted by atomic mass is 32.2. The van der Waals surface area contributed by atoms with Crippen molar-refractivity contribution in [2.75, 3.05) is 11.1 Å². The maximum absolute atomic E-state index is 13.5. The molecule has 0 aliphatic rings. The molecule has 7 heteroatoms. The molecular weight excluding hydrogens is 329 g/mol. The van der Waals surface area contributed by atoms with Gasteiger partial charge in [-0.25, -0.2) is 9.18 Å². The van der Waals surface area contributed by atoms with Crippen molar-refractivity contribution in [2.24, 2.45) is 5.73 Å². The molecule has 3 amide bonds. The van der Waals surface area contributed by atoms with E-state index in [1.54, 1.807) is 30.3 Å². The van der Waals surface area contributed by atoms with Gasteiger partial charge in [0.2, 0.25) is 5.91 Å². The molecule has 0 fully saturated rings. The molecule has 0 unspecified atom stereocenters. The molecule has 0 aromatic heterocycles. The van der Waals surface area contributed by atoms with Crippen molar-refractivity contribution in [3.63, 3.8) is 0 Å². The van der Waals surface area contributed by atoms with Gasteiger partial charge in [-0.3, -0.25) is 4.79 Å². The Bertz CT molecular complexity index is 724. The lowest BCUT2D eigenvalue weighted by atomic mass is 10.2. The number of hydrogen-bond donors (Lipinski definition) is 3. The summed E-state index contributed by atoms with van der Waals surface area (Å²) in [5.74, 6) is -0.194. The highest BCUT2D eigenvalue weighted by Crippen LogP contribution is 2.27. The second-order valence-electron chi connectivity index (χ2n) is 4.96. The first-order valence-corrected chi connectivity index (χ1v) is 8.33. The summed E-state index contributed by atoms with van der Waals surface area (Å²) in [5, 5.41) is 5.35. The van der Waals surface area contributed by atoms with Gasteiger partial charge in [-0.2, -0.15) is 0 Å². The zero-order valence-electron chi connectivity index (χ0n) is 12.9. The zero-order valence-corrected chi connectivity index (χ0v) is 13.7. The molecule has 0 aliphatic heterocycles. The van der Waals surface area contributed by atoms with Gasteiger partial charge >= 0.3 is 6.03 Å². The monoisotopic (exact) mass is 347 g/mol. The van der Waals surface area contributed by atoms with E-state index in [4.69, 9.17) is 5.73 Å². The molecule has 5 nitrogen and oxygen atoms in total.